The van der Waals surface area contributed by atoms with Crippen molar-refractivity contribution in [1.29, 1.82) is 0 Å². The number of fused-ring (bicyclic) bond motifs is 3. The summed E-state index contributed by atoms with van der Waals surface area (Å²) in [6.45, 7) is 0. The molecule has 5 aromatic rings. The van der Waals surface area contributed by atoms with Crippen LogP contribution in [0.2, 0.25) is 0 Å². The van der Waals surface area contributed by atoms with E-state index in [1.807, 2.05) is 48.5 Å². The van der Waals surface area contributed by atoms with Gasteiger partial charge in [-0.05, 0) is 40.6 Å². The fraction of sp³-hybridized carbons (Fsp3) is 0. The fourth-order valence-corrected chi connectivity index (χ4v) is 4.99. The Bertz CT molecular complexity index is 1830. The summed E-state index contributed by atoms with van der Waals surface area (Å²) in [5.74, 6) is 0.0818. The first kappa shape index (κ1) is 24.9. The van der Waals surface area contributed by atoms with Crippen molar-refractivity contribution in [2.75, 3.05) is 0 Å². The molecule has 2 aromatic heterocycles. The molecule has 3 aromatic carbocycles. The summed E-state index contributed by atoms with van der Waals surface area (Å²) in [5, 5.41) is 0.871. The standard InChI is InChI=1S/C24H12NO.C5H5NO3S.Ir/c26-24-19-6-2-1-5-17(19)18-11-10-15(12-20(18)24)22-13-16-9-8-14-4-3-7-21(25-22)23(14)16;7-10(8,9)5-3-1-2-4-6-5;/h1-9,11-13H;1-4H,(H,7,8,9);/q-1;;. The third kappa shape index (κ3) is 4.45. The number of pyridine rings is 2. The molecule has 2 aliphatic rings. The molecule has 0 unspecified atom stereocenters. The van der Waals surface area contributed by atoms with E-state index >= 15 is 0 Å². The van der Waals surface area contributed by atoms with Gasteiger partial charge in [0.25, 0.3) is 0 Å². The maximum atomic E-state index is 12.8. The molecule has 1 radical (unpaired) electrons. The Labute approximate surface area is 226 Å². The molecule has 2 aliphatic carbocycles. The molecule has 0 aliphatic heterocycles. The van der Waals surface area contributed by atoms with Crippen LogP contribution >= 0.6 is 0 Å². The summed E-state index contributed by atoms with van der Waals surface area (Å²) in [6.07, 6.45) is 5.54. The number of aromatic nitrogens is 2. The van der Waals surface area contributed by atoms with Crippen molar-refractivity contribution in [3.05, 3.63) is 113 Å². The number of carbonyl (C=O) groups is 1. The number of hydrogen-bond donors (Lipinski definition) is 1. The van der Waals surface area contributed by atoms with E-state index in [1.165, 1.54) is 34.8 Å². The first-order valence-corrected chi connectivity index (χ1v) is 12.5. The van der Waals surface area contributed by atoms with E-state index in [-0.39, 0.29) is 30.9 Å². The molecule has 1 N–H and O–H groups in total. The van der Waals surface area contributed by atoms with Gasteiger partial charge in [-0.15, -0.1) is 23.8 Å². The second-order valence-corrected chi connectivity index (χ2v) is 9.73. The predicted molar refractivity (Wildman–Crippen MR) is 138 cm³/mol. The van der Waals surface area contributed by atoms with Crippen molar-refractivity contribution in [1.82, 2.24) is 9.97 Å². The molecule has 0 fully saturated rings. The van der Waals surface area contributed by atoms with Crippen molar-refractivity contribution in [3.8, 4) is 22.4 Å². The van der Waals surface area contributed by atoms with Crippen LogP contribution in [0, 0.1) is 6.07 Å². The summed E-state index contributed by atoms with van der Waals surface area (Å²) in [6, 6.07) is 27.5. The zero-order valence-electron chi connectivity index (χ0n) is 19.0. The molecule has 0 saturated carbocycles. The van der Waals surface area contributed by atoms with Crippen LogP contribution in [0.25, 0.3) is 45.4 Å². The molecule has 6 nitrogen and oxygen atoms in total. The van der Waals surface area contributed by atoms with Crippen LogP contribution in [-0.2, 0) is 30.2 Å². The van der Waals surface area contributed by atoms with Crippen LogP contribution in [0.4, 0.5) is 0 Å². The average Bonchev–Trinajstić information content (AvgIpc) is 3.44. The van der Waals surface area contributed by atoms with Crippen molar-refractivity contribution in [2.24, 2.45) is 0 Å². The minimum absolute atomic E-state index is 0. The molecule has 0 amide bonds. The van der Waals surface area contributed by atoms with Gasteiger partial charge < -0.3 is 0 Å². The molecule has 8 heteroatoms. The van der Waals surface area contributed by atoms with Gasteiger partial charge in [0.15, 0.2) is 10.8 Å². The zero-order chi connectivity index (χ0) is 24.9. The van der Waals surface area contributed by atoms with Gasteiger partial charge in [0.05, 0.1) is 5.52 Å². The Kier molecular flexibility index (Phi) is 6.43. The van der Waals surface area contributed by atoms with E-state index in [9.17, 15) is 13.2 Å². The third-order valence-corrected chi connectivity index (χ3v) is 6.94. The van der Waals surface area contributed by atoms with Gasteiger partial charge in [-0.2, -0.15) is 8.42 Å². The van der Waals surface area contributed by atoms with Crippen LogP contribution in [-0.4, -0.2) is 28.7 Å². The molecule has 0 bridgehead atoms. The summed E-state index contributed by atoms with van der Waals surface area (Å²) in [7, 11) is -4.11. The molecule has 0 atom stereocenters. The van der Waals surface area contributed by atoms with Crippen LogP contribution in [0.5, 0.6) is 0 Å². The molecule has 0 spiro atoms. The number of benzene rings is 3. The van der Waals surface area contributed by atoms with Crippen LogP contribution in [0.15, 0.2) is 90.1 Å². The number of rotatable bonds is 2. The van der Waals surface area contributed by atoms with E-state index in [1.54, 1.807) is 6.07 Å². The van der Waals surface area contributed by atoms with Gasteiger partial charge in [-0.3, -0.25) is 14.3 Å². The summed E-state index contributed by atoms with van der Waals surface area (Å²) < 4.78 is 29.1. The maximum Gasteiger partial charge on any atom is 0.312 e. The molecular formula is C29H17IrN2O4S-. The topological polar surface area (TPSA) is 97.2 Å². The molecule has 2 heterocycles. The number of carbonyl (C=O) groups excluding carboxylic acids is 1. The molecule has 7 rings (SSSR count). The second kappa shape index (κ2) is 9.57. The van der Waals surface area contributed by atoms with Crippen molar-refractivity contribution < 1.29 is 37.9 Å². The Morgan fingerprint density at radius 3 is 2.27 bits per heavy atom. The monoisotopic (exact) mass is 682 g/mol. The smallest absolute Gasteiger partial charge is 0.296 e. The third-order valence-electron chi connectivity index (χ3n) is 6.17. The average molecular weight is 682 g/mol. The molecule has 183 valence electrons. The van der Waals surface area contributed by atoms with E-state index in [0.29, 0.717) is 0 Å². The van der Waals surface area contributed by atoms with E-state index in [4.69, 9.17) is 9.54 Å². The fourth-order valence-electron chi connectivity index (χ4n) is 4.55. The number of hydrogen-bond acceptors (Lipinski definition) is 5. The first-order chi connectivity index (χ1) is 17.4. The van der Waals surface area contributed by atoms with Crippen molar-refractivity contribution >= 4 is 39.0 Å². The van der Waals surface area contributed by atoms with Gasteiger partial charge in [0, 0.05) is 37.3 Å². The van der Waals surface area contributed by atoms with Gasteiger partial charge >= 0.3 is 10.1 Å². The van der Waals surface area contributed by atoms with Gasteiger partial charge in [-0.25, -0.2) is 4.98 Å². The summed E-state index contributed by atoms with van der Waals surface area (Å²) in [5.41, 5.74) is 8.52. The molecular weight excluding hydrogens is 665 g/mol. The van der Waals surface area contributed by atoms with Crippen LogP contribution in [0.1, 0.15) is 27.0 Å². The van der Waals surface area contributed by atoms with E-state index in [0.717, 1.165) is 39.0 Å². The maximum absolute atomic E-state index is 12.8. The number of ketones is 1. The van der Waals surface area contributed by atoms with E-state index in [2.05, 4.69) is 35.3 Å². The minimum atomic E-state index is -4.11. The van der Waals surface area contributed by atoms with Crippen LogP contribution in [0.3, 0.4) is 0 Å². The normalized spacial score (nSPS) is 12.4. The molecule has 37 heavy (non-hydrogen) atoms. The SMILES string of the molecule is O=C1c2cc(-c3cc4c5c(cccc5n3)C=C4)[c-]cc2-c2ccccc21.O=S(=O)(O)c1ccccn1.[Ir]. The Morgan fingerprint density at radius 2 is 1.54 bits per heavy atom. The van der Waals surface area contributed by atoms with Gasteiger partial charge in [-0.1, -0.05) is 71.8 Å². The van der Waals surface area contributed by atoms with Gasteiger partial charge in [0.1, 0.15) is 0 Å². The zero-order valence-corrected chi connectivity index (χ0v) is 22.3. The predicted octanol–water partition coefficient (Wildman–Crippen LogP) is 5.72. The molecule has 0 saturated heterocycles. The second-order valence-electron chi connectivity index (χ2n) is 8.36. The van der Waals surface area contributed by atoms with E-state index < -0.39 is 10.1 Å². The van der Waals surface area contributed by atoms with Gasteiger partial charge in [0.2, 0.25) is 0 Å². The largest absolute Gasteiger partial charge is 0.312 e. The Balaban J connectivity index is 0.000000218. The Hall–Kier alpha value is -3.81. The quantitative estimate of drug-likeness (QED) is 0.185. The first-order valence-electron chi connectivity index (χ1n) is 11.1. The summed E-state index contributed by atoms with van der Waals surface area (Å²) >= 11 is 0. The minimum Gasteiger partial charge on any atom is -0.296 e. The van der Waals surface area contributed by atoms with Crippen LogP contribution < -0.4 is 0 Å². The van der Waals surface area contributed by atoms with Crippen molar-refractivity contribution in [3.63, 3.8) is 0 Å². The number of nitrogens with zero attached hydrogens (tertiary/aromatic N) is 2. The summed E-state index contributed by atoms with van der Waals surface area (Å²) in [4.78, 5) is 21.0. The Morgan fingerprint density at radius 1 is 0.784 bits per heavy atom. The van der Waals surface area contributed by atoms with Crippen molar-refractivity contribution in [2.45, 2.75) is 5.03 Å².